The van der Waals surface area contributed by atoms with Gasteiger partial charge in [-0.15, -0.1) is 0 Å². The normalized spacial score (nSPS) is 22.2. The van der Waals surface area contributed by atoms with E-state index >= 15 is 0 Å². The SMILES string of the molecule is COC(=O)[C@H]1O[C@H](COCc2ccccc2)[C@@H]1OCc1ccccc1. The first-order valence-electron chi connectivity index (χ1n) is 8.28. The average molecular weight is 342 g/mol. The maximum absolute atomic E-state index is 11.8. The standard InChI is InChI=1S/C20H22O5/c1-22-20(21)19-18(24-13-16-10-6-3-7-11-16)17(25-19)14-23-12-15-8-4-2-5-9-15/h2-11,17-19H,12-14H2,1H3/t17-,18+,19+/m1/s1. The highest BCUT2D eigenvalue weighted by molar-refractivity contribution is 5.76. The molecule has 1 saturated heterocycles. The van der Waals surface area contributed by atoms with E-state index < -0.39 is 12.1 Å². The molecule has 2 aromatic rings. The molecule has 0 aliphatic carbocycles. The lowest BCUT2D eigenvalue weighted by molar-refractivity contribution is -0.260. The van der Waals surface area contributed by atoms with Gasteiger partial charge in [0.25, 0.3) is 0 Å². The van der Waals surface area contributed by atoms with Crippen LogP contribution in [0.3, 0.4) is 0 Å². The molecule has 5 nitrogen and oxygen atoms in total. The highest BCUT2D eigenvalue weighted by atomic mass is 16.6. The molecule has 0 amide bonds. The molecule has 0 N–H and O–H groups in total. The predicted octanol–water partition coefficient (Wildman–Crippen LogP) is 2.73. The number of rotatable bonds is 8. The topological polar surface area (TPSA) is 54.0 Å². The second-order valence-electron chi connectivity index (χ2n) is 5.88. The van der Waals surface area contributed by atoms with E-state index in [2.05, 4.69) is 0 Å². The van der Waals surface area contributed by atoms with E-state index in [9.17, 15) is 4.79 Å². The molecule has 0 bridgehead atoms. The highest BCUT2D eigenvalue weighted by Crippen LogP contribution is 2.27. The van der Waals surface area contributed by atoms with E-state index in [0.29, 0.717) is 19.8 Å². The zero-order valence-electron chi connectivity index (χ0n) is 14.2. The molecule has 5 heteroatoms. The molecule has 0 radical (unpaired) electrons. The Bertz CT molecular complexity index is 658. The lowest BCUT2D eigenvalue weighted by Gasteiger charge is -2.42. The zero-order chi connectivity index (χ0) is 17.5. The molecule has 1 heterocycles. The Hall–Kier alpha value is -2.21. The van der Waals surface area contributed by atoms with Crippen LogP contribution < -0.4 is 0 Å². The summed E-state index contributed by atoms with van der Waals surface area (Å²) >= 11 is 0. The van der Waals surface area contributed by atoms with Crippen molar-refractivity contribution in [2.75, 3.05) is 13.7 Å². The van der Waals surface area contributed by atoms with Crippen molar-refractivity contribution in [1.82, 2.24) is 0 Å². The first-order valence-corrected chi connectivity index (χ1v) is 8.28. The van der Waals surface area contributed by atoms with Gasteiger partial charge in [-0.2, -0.15) is 0 Å². The number of ether oxygens (including phenoxy) is 4. The molecular formula is C20H22O5. The number of carbonyl (C=O) groups excluding carboxylic acids is 1. The summed E-state index contributed by atoms with van der Waals surface area (Å²) in [5.41, 5.74) is 2.13. The van der Waals surface area contributed by atoms with E-state index in [-0.39, 0.29) is 12.2 Å². The number of hydrogen-bond donors (Lipinski definition) is 0. The smallest absolute Gasteiger partial charge is 0.337 e. The Balaban J connectivity index is 1.52. The minimum absolute atomic E-state index is 0.281. The van der Waals surface area contributed by atoms with Crippen molar-refractivity contribution in [3.8, 4) is 0 Å². The summed E-state index contributed by atoms with van der Waals surface area (Å²) in [7, 11) is 1.35. The van der Waals surface area contributed by atoms with Crippen LogP contribution in [0.2, 0.25) is 0 Å². The largest absolute Gasteiger partial charge is 0.467 e. The van der Waals surface area contributed by atoms with Crippen molar-refractivity contribution < 1.29 is 23.7 Å². The molecule has 3 atom stereocenters. The predicted molar refractivity (Wildman–Crippen MR) is 91.8 cm³/mol. The molecule has 1 aliphatic rings. The van der Waals surface area contributed by atoms with Crippen LogP contribution in [0.1, 0.15) is 11.1 Å². The molecule has 0 saturated carbocycles. The number of benzene rings is 2. The second-order valence-corrected chi connectivity index (χ2v) is 5.88. The number of hydrogen-bond acceptors (Lipinski definition) is 5. The Morgan fingerprint density at radius 2 is 1.56 bits per heavy atom. The molecule has 1 fully saturated rings. The van der Waals surface area contributed by atoms with Gasteiger partial charge in [0.15, 0.2) is 6.10 Å². The molecule has 0 spiro atoms. The Morgan fingerprint density at radius 3 is 2.16 bits per heavy atom. The minimum atomic E-state index is -0.695. The fraction of sp³-hybridized carbons (Fsp3) is 0.350. The van der Waals surface area contributed by atoms with Crippen molar-refractivity contribution in [1.29, 1.82) is 0 Å². The van der Waals surface area contributed by atoms with Gasteiger partial charge in [-0.3, -0.25) is 0 Å². The Morgan fingerprint density at radius 1 is 0.960 bits per heavy atom. The van der Waals surface area contributed by atoms with Gasteiger partial charge < -0.3 is 18.9 Å². The molecule has 25 heavy (non-hydrogen) atoms. The third-order valence-electron chi connectivity index (χ3n) is 4.10. The third-order valence-corrected chi connectivity index (χ3v) is 4.10. The summed E-state index contributed by atoms with van der Waals surface area (Å²) in [5, 5.41) is 0. The van der Waals surface area contributed by atoms with Gasteiger partial charge in [-0.05, 0) is 11.1 Å². The van der Waals surface area contributed by atoms with Gasteiger partial charge in [-0.25, -0.2) is 4.79 Å². The second kappa shape index (κ2) is 8.76. The van der Waals surface area contributed by atoms with Gasteiger partial charge in [0.1, 0.15) is 12.2 Å². The minimum Gasteiger partial charge on any atom is -0.467 e. The van der Waals surface area contributed by atoms with Crippen molar-refractivity contribution in [3.05, 3.63) is 71.8 Å². The average Bonchev–Trinajstić information content (AvgIpc) is 2.65. The van der Waals surface area contributed by atoms with Gasteiger partial charge in [0, 0.05) is 0 Å². The summed E-state index contributed by atoms with van der Waals surface area (Å²) in [5.74, 6) is -0.419. The van der Waals surface area contributed by atoms with Crippen LogP contribution in [-0.2, 0) is 37.0 Å². The monoisotopic (exact) mass is 342 g/mol. The fourth-order valence-electron chi connectivity index (χ4n) is 2.72. The van der Waals surface area contributed by atoms with Gasteiger partial charge in [0.05, 0.1) is 26.9 Å². The summed E-state index contributed by atoms with van der Waals surface area (Å²) in [6, 6.07) is 19.7. The molecular weight excluding hydrogens is 320 g/mol. The van der Waals surface area contributed by atoms with Crippen LogP contribution >= 0.6 is 0 Å². The summed E-state index contributed by atoms with van der Waals surface area (Å²) < 4.78 is 22.0. The van der Waals surface area contributed by atoms with Gasteiger partial charge in [0.2, 0.25) is 0 Å². The van der Waals surface area contributed by atoms with Crippen molar-refractivity contribution in [2.24, 2.45) is 0 Å². The number of methoxy groups -OCH3 is 1. The molecule has 0 unspecified atom stereocenters. The number of esters is 1. The number of carbonyl (C=O) groups is 1. The first kappa shape index (κ1) is 17.6. The Labute approximate surface area is 147 Å². The molecule has 1 aliphatic heterocycles. The lowest BCUT2D eigenvalue weighted by Crippen LogP contribution is -2.60. The van der Waals surface area contributed by atoms with Crippen LogP contribution in [0.4, 0.5) is 0 Å². The van der Waals surface area contributed by atoms with E-state index in [0.717, 1.165) is 11.1 Å². The maximum atomic E-state index is 11.8. The van der Waals surface area contributed by atoms with Crippen molar-refractivity contribution in [3.63, 3.8) is 0 Å². The highest BCUT2D eigenvalue weighted by Gasteiger charge is 2.48. The first-order chi connectivity index (χ1) is 12.3. The van der Waals surface area contributed by atoms with Gasteiger partial charge in [-0.1, -0.05) is 60.7 Å². The van der Waals surface area contributed by atoms with Crippen LogP contribution in [0.25, 0.3) is 0 Å². The van der Waals surface area contributed by atoms with E-state index in [1.165, 1.54) is 7.11 Å². The van der Waals surface area contributed by atoms with Crippen molar-refractivity contribution >= 4 is 5.97 Å². The van der Waals surface area contributed by atoms with Crippen LogP contribution in [0.5, 0.6) is 0 Å². The van der Waals surface area contributed by atoms with E-state index in [1.54, 1.807) is 0 Å². The molecule has 2 aromatic carbocycles. The van der Waals surface area contributed by atoms with Crippen LogP contribution in [0.15, 0.2) is 60.7 Å². The van der Waals surface area contributed by atoms with Crippen LogP contribution in [0, 0.1) is 0 Å². The quantitative estimate of drug-likeness (QED) is 0.691. The fourth-order valence-corrected chi connectivity index (χ4v) is 2.72. The van der Waals surface area contributed by atoms with Crippen LogP contribution in [-0.4, -0.2) is 38.0 Å². The molecule has 3 rings (SSSR count). The van der Waals surface area contributed by atoms with Crippen molar-refractivity contribution in [2.45, 2.75) is 31.5 Å². The molecule has 0 aromatic heterocycles. The van der Waals surface area contributed by atoms with E-state index in [1.807, 2.05) is 60.7 Å². The van der Waals surface area contributed by atoms with Gasteiger partial charge >= 0.3 is 5.97 Å². The lowest BCUT2D eigenvalue weighted by atomic mass is 10.0. The Kier molecular flexibility index (Phi) is 6.17. The summed E-state index contributed by atoms with van der Waals surface area (Å²) in [6.45, 7) is 1.27. The molecule has 132 valence electrons. The van der Waals surface area contributed by atoms with E-state index in [4.69, 9.17) is 18.9 Å². The summed E-state index contributed by atoms with van der Waals surface area (Å²) in [4.78, 5) is 11.8. The maximum Gasteiger partial charge on any atom is 0.337 e. The zero-order valence-corrected chi connectivity index (χ0v) is 14.2. The summed E-state index contributed by atoms with van der Waals surface area (Å²) in [6.07, 6.45) is -1.35. The third kappa shape index (κ3) is 4.66.